The Morgan fingerprint density at radius 1 is 1.20 bits per heavy atom. The van der Waals surface area contributed by atoms with Crippen LogP contribution in [0, 0.1) is 16.0 Å². The maximum Gasteiger partial charge on any atom is 0.270 e. The number of ether oxygens (including phenoxy) is 1. The highest BCUT2D eigenvalue weighted by atomic mass is 16.6. The van der Waals surface area contributed by atoms with Crippen molar-refractivity contribution in [3.63, 3.8) is 0 Å². The first-order valence-corrected chi connectivity index (χ1v) is 14.1. The first-order valence-electron chi connectivity index (χ1n) is 14.1. The number of carbonyl (C=O) groups excluding carboxylic acids is 1. The van der Waals surface area contributed by atoms with Crippen molar-refractivity contribution < 1.29 is 24.7 Å². The molecule has 10 heteroatoms. The van der Waals surface area contributed by atoms with E-state index in [1.807, 2.05) is 6.07 Å². The number of aromatic nitrogens is 1. The predicted octanol–water partition coefficient (Wildman–Crippen LogP) is 3.21. The van der Waals surface area contributed by atoms with E-state index in [4.69, 9.17) is 4.74 Å². The van der Waals surface area contributed by atoms with Crippen LogP contribution in [0.3, 0.4) is 0 Å². The second-order valence-electron chi connectivity index (χ2n) is 12.3. The fourth-order valence-corrected chi connectivity index (χ4v) is 8.24. The number of nitro benzene ring substituents is 1. The number of nitro groups is 1. The average Bonchev–Trinajstić information content (AvgIpc) is 3.69. The maximum absolute atomic E-state index is 13.5. The molecule has 3 heterocycles. The topological polar surface area (TPSA) is 138 Å². The molecule has 2 aliphatic heterocycles. The van der Waals surface area contributed by atoms with Crippen molar-refractivity contribution >= 4 is 22.5 Å². The molecule has 3 N–H and O–H groups in total. The highest BCUT2D eigenvalue weighted by Crippen LogP contribution is 2.65. The molecule has 2 aromatic carbocycles. The molecule has 3 aromatic rings. The molecule has 1 aromatic heterocycles. The van der Waals surface area contributed by atoms with E-state index in [9.17, 15) is 25.1 Å². The Bertz CT molecular complexity index is 1610. The van der Waals surface area contributed by atoms with Crippen LogP contribution < -0.4 is 10.1 Å². The Kier molecular flexibility index (Phi) is 4.90. The average molecular weight is 543 g/mol. The first kappa shape index (κ1) is 24.1. The highest BCUT2D eigenvalue weighted by molar-refractivity contribution is 5.97. The quantitative estimate of drug-likeness (QED) is 0.330. The number of non-ortho nitro benzene ring substituents is 1. The van der Waals surface area contributed by atoms with Crippen molar-refractivity contribution in [2.24, 2.45) is 5.92 Å². The molecule has 206 valence electrons. The number of phenols is 1. The number of nitrogens with zero attached hydrogens (tertiary/aromatic N) is 3. The normalized spacial score (nSPS) is 31.9. The zero-order chi connectivity index (χ0) is 27.4. The van der Waals surface area contributed by atoms with Crippen LogP contribution in [0.25, 0.3) is 10.9 Å². The minimum Gasteiger partial charge on any atom is -0.504 e. The third-order valence-electron chi connectivity index (χ3n) is 10.2. The molecule has 2 bridgehead atoms. The summed E-state index contributed by atoms with van der Waals surface area (Å²) in [6.45, 7) is 1.84. The lowest BCUT2D eigenvalue weighted by Crippen LogP contribution is -2.78. The van der Waals surface area contributed by atoms with Gasteiger partial charge in [0.1, 0.15) is 6.10 Å². The van der Waals surface area contributed by atoms with Crippen LogP contribution in [0.2, 0.25) is 0 Å². The van der Waals surface area contributed by atoms with Gasteiger partial charge in [-0.15, -0.1) is 0 Å². The number of benzene rings is 2. The van der Waals surface area contributed by atoms with Gasteiger partial charge in [0, 0.05) is 41.9 Å². The maximum atomic E-state index is 13.5. The molecule has 0 radical (unpaired) electrons. The number of piperidine rings is 1. The molecule has 3 aliphatic carbocycles. The number of likely N-dealkylation sites (tertiary alicyclic amines) is 1. The van der Waals surface area contributed by atoms with Crippen LogP contribution in [0.15, 0.2) is 42.6 Å². The largest absolute Gasteiger partial charge is 0.504 e. The van der Waals surface area contributed by atoms with Gasteiger partial charge >= 0.3 is 0 Å². The van der Waals surface area contributed by atoms with E-state index < -0.39 is 28.1 Å². The fraction of sp³-hybridized carbons (Fsp3) is 0.467. The number of phenolic OH excluding ortho intramolecular Hbond substituents is 1. The molecular weight excluding hydrogens is 512 g/mol. The number of hydrogen-bond acceptors (Lipinski definition) is 8. The van der Waals surface area contributed by atoms with Gasteiger partial charge in [-0.3, -0.25) is 24.8 Å². The monoisotopic (exact) mass is 542 g/mol. The van der Waals surface area contributed by atoms with Crippen molar-refractivity contribution in [3.8, 4) is 11.5 Å². The lowest BCUT2D eigenvalue weighted by Gasteiger charge is -2.64. The van der Waals surface area contributed by atoms with Crippen molar-refractivity contribution in [3.05, 3.63) is 69.4 Å². The van der Waals surface area contributed by atoms with Crippen molar-refractivity contribution in [1.82, 2.24) is 15.2 Å². The number of pyridine rings is 1. The Labute approximate surface area is 230 Å². The number of aliphatic hydroxyl groups is 1. The number of nitrogens with one attached hydrogen (secondary N) is 1. The molecule has 1 saturated heterocycles. The summed E-state index contributed by atoms with van der Waals surface area (Å²) < 4.78 is 6.53. The fourth-order valence-electron chi connectivity index (χ4n) is 8.24. The zero-order valence-electron chi connectivity index (χ0n) is 21.9. The summed E-state index contributed by atoms with van der Waals surface area (Å²) >= 11 is 0. The Morgan fingerprint density at radius 2 is 2.05 bits per heavy atom. The molecule has 8 rings (SSSR count). The minimum absolute atomic E-state index is 0.0342. The third kappa shape index (κ3) is 3.17. The smallest absolute Gasteiger partial charge is 0.270 e. The summed E-state index contributed by atoms with van der Waals surface area (Å²) in [4.78, 5) is 31.1. The number of carbonyl (C=O) groups is 1. The third-order valence-corrected chi connectivity index (χ3v) is 10.2. The van der Waals surface area contributed by atoms with Crippen LogP contribution in [-0.4, -0.2) is 67.8 Å². The first-order chi connectivity index (χ1) is 19.3. The summed E-state index contributed by atoms with van der Waals surface area (Å²) in [7, 11) is 0. The van der Waals surface area contributed by atoms with Crippen LogP contribution in [0.5, 0.6) is 11.5 Å². The summed E-state index contributed by atoms with van der Waals surface area (Å²) in [5.74, 6) is 0.859. The van der Waals surface area contributed by atoms with Gasteiger partial charge in [-0.05, 0) is 74.8 Å². The summed E-state index contributed by atoms with van der Waals surface area (Å²) in [6.07, 6.45) is 5.89. The minimum atomic E-state index is -1.03. The predicted molar refractivity (Wildman–Crippen MR) is 144 cm³/mol. The Morgan fingerprint density at radius 3 is 2.85 bits per heavy atom. The second-order valence-corrected chi connectivity index (χ2v) is 12.3. The Hall–Kier alpha value is -3.76. The number of fused-ring (bicyclic) bond motifs is 1. The van der Waals surface area contributed by atoms with E-state index in [0.717, 1.165) is 30.6 Å². The summed E-state index contributed by atoms with van der Waals surface area (Å²) in [5, 5.41) is 38.3. The molecule has 1 spiro atoms. The molecule has 2 saturated carbocycles. The van der Waals surface area contributed by atoms with E-state index in [1.165, 1.54) is 31.2 Å². The number of amides is 1. The number of rotatable bonds is 5. The molecule has 3 fully saturated rings. The van der Waals surface area contributed by atoms with Gasteiger partial charge in [0.15, 0.2) is 11.5 Å². The van der Waals surface area contributed by atoms with Crippen LogP contribution in [-0.2, 0) is 11.8 Å². The molecule has 0 unspecified atom stereocenters. The van der Waals surface area contributed by atoms with Gasteiger partial charge in [-0.25, -0.2) is 0 Å². The summed E-state index contributed by atoms with van der Waals surface area (Å²) in [6, 6.07) is 9.21. The molecule has 1 amide bonds. The van der Waals surface area contributed by atoms with Gasteiger partial charge in [0.2, 0.25) is 0 Å². The standard InChI is InChI=1S/C30H30N4O6/c35-23-6-3-17-13-24-30(37)8-7-22(27-29(30,25(17)26(23)40-27)9-10-33(24)15-16-1-2-16)32-28(36)19-11-18-12-20(34(38)39)4-5-21(18)31-14-19/h3-6,11-12,14,16,22,24,27,35,37H,1-2,7-10,13,15H2,(H,32,36)/t22-,24-,27+,29+,30-/m1/s1. The Balaban J connectivity index is 1.15. The van der Waals surface area contributed by atoms with Crippen molar-refractivity contribution in [2.45, 2.75) is 67.7 Å². The van der Waals surface area contributed by atoms with E-state index in [2.05, 4.69) is 15.2 Å². The van der Waals surface area contributed by atoms with E-state index in [-0.39, 0.29) is 23.4 Å². The lowest BCUT2D eigenvalue weighted by atomic mass is 9.48. The van der Waals surface area contributed by atoms with Gasteiger partial charge in [-0.1, -0.05) is 6.07 Å². The van der Waals surface area contributed by atoms with E-state index in [0.29, 0.717) is 47.4 Å². The highest BCUT2D eigenvalue weighted by Gasteiger charge is 2.73. The van der Waals surface area contributed by atoms with Gasteiger partial charge in [-0.2, -0.15) is 0 Å². The van der Waals surface area contributed by atoms with Crippen molar-refractivity contribution in [1.29, 1.82) is 0 Å². The molecular formula is C30H30N4O6. The molecule has 5 aliphatic rings. The zero-order valence-corrected chi connectivity index (χ0v) is 21.9. The van der Waals surface area contributed by atoms with Crippen LogP contribution in [0.4, 0.5) is 5.69 Å². The molecule has 40 heavy (non-hydrogen) atoms. The van der Waals surface area contributed by atoms with Gasteiger partial charge in [0.25, 0.3) is 11.6 Å². The van der Waals surface area contributed by atoms with E-state index >= 15 is 0 Å². The number of aromatic hydroxyl groups is 1. The van der Waals surface area contributed by atoms with Crippen LogP contribution >= 0.6 is 0 Å². The number of hydrogen-bond donors (Lipinski definition) is 3. The van der Waals surface area contributed by atoms with Gasteiger partial charge < -0.3 is 20.3 Å². The molecule has 10 nitrogen and oxygen atoms in total. The second kappa shape index (κ2) is 8.14. The van der Waals surface area contributed by atoms with Crippen molar-refractivity contribution in [2.75, 3.05) is 13.1 Å². The van der Waals surface area contributed by atoms with E-state index in [1.54, 1.807) is 18.2 Å². The lowest BCUT2D eigenvalue weighted by molar-refractivity contribution is -0.384. The molecule has 5 atom stereocenters. The van der Waals surface area contributed by atoms with Crippen LogP contribution in [0.1, 0.15) is 53.6 Å². The summed E-state index contributed by atoms with van der Waals surface area (Å²) in [5.41, 5.74) is 1.07. The SMILES string of the molecule is O=C(N[C@@H]1CC[C@@]2(O)[C@H]3Cc4ccc(O)c5c4[C@@]2(CCN3CC2CC2)[C@H]1O5)c1cnc2ccc([N+](=O)[O-])cc2c1. The van der Waals surface area contributed by atoms with Gasteiger partial charge in [0.05, 0.1) is 33.1 Å².